The summed E-state index contributed by atoms with van der Waals surface area (Å²) in [5.41, 5.74) is 1.30. The number of aromatic nitrogens is 1. The van der Waals surface area contributed by atoms with Gasteiger partial charge in [0.15, 0.2) is 0 Å². The summed E-state index contributed by atoms with van der Waals surface area (Å²) in [5, 5.41) is 2.86. The Morgan fingerprint density at radius 1 is 1.00 bits per heavy atom. The van der Waals surface area contributed by atoms with Crippen molar-refractivity contribution in [2.45, 2.75) is 12.7 Å². The molecule has 7 heteroatoms. The van der Waals surface area contributed by atoms with Crippen LogP contribution >= 0.6 is 0 Å². The molecule has 144 valence electrons. The van der Waals surface area contributed by atoms with Gasteiger partial charge in [0, 0.05) is 19.3 Å². The lowest BCUT2D eigenvalue weighted by Crippen LogP contribution is -2.26. The fourth-order valence-corrected chi connectivity index (χ4v) is 2.66. The number of pyridine rings is 1. The molecule has 28 heavy (non-hydrogen) atoms. The summed E-state index contributed by atoms with van der Waals surface area (Å²) in [6, 6.07) is 17.6. The lowest BCUT2D eigenvalue weighted by atomic mass is 10.2. The van der Waals surface area contributed by atoms with Gasteiger partial charge in [0.1, 0.15) is 5.69 Å². The smallest absolute Gasteiger partial charge is 0.354 e. The van der Waals surface area contributed by atoms with E-state index >= 15 is 0 Å². The van der Waals surface area contributed by atoms with Crippen molar-refractivity contribution < 1.29 is 18.0 Å². The van der Waals surface area contributed by atoms with Gasteiger partial charge >= 0.3 is 6.18 Å². The second-order valence-corrected chi connectivity index (χ2v) is 6.28. The molecule has 0 spiro atoms. The number of benzene rings is 2. The Bertz CT molecular complexity index is 941. The predicted octanol–water partition coefficient (Wildman–Crippen LogP) is 5.12. The second-order valence-electron chi connectivity index (χ2n) is 6.28. The number of halogens is 3. The topological polar surface area (TPSA) is 45.2 Å². The number of carbonyl (C=O) groups excluding carboxylic acids is 1. The van der Waals surface area contributed by atoms with Gasteiger partial charge in [0.25, 0.3) is 5.91 Å². The molecule has 1 heterocycles. The highest BCUT2D eigenvalue weighted by Crippen LogP contribution is 2.31. The van der Waals surface area contributed by atoms with Gasteiger partial charge in [0.2, 0.25) is 0 Å². The van der Waals surface area contributed by atoms with Crippen molar-refractivity contribution in [1.29, 1.82) is 0 Å². The van der Waals surface area contributed by atoms with Gasteiger partial charge in [-0.2, -0.15) is 13.2 Å². The van der Waals surface area contributed by atoms with E-state index in [1.54, 1.807) is 24.1 Å². The van der Waals surface area contributed by atoms with Crippen molar-refractivity contribution in [2.75, 3.05) is 12.4 Å². The molecule has 0 aliphatic carbocycles. The highest BCUT2D eigenvalue weighted by Gasteiger charge is 2.30. The van der Waals surface area contributed by atoms with Crippen molar-refractivity contribution in [3.63, 3.8) is 0 Å². The van der Waals surface area contributed by atoms with Crippen LogP contribution in [0.25, 0.3) is 0 Å². The summed E-state index contributed by atoms with van der Waals surface area (Å²) >= 11 is 0. The zero-order valence-corrected chi connectivity index (χ0v) is 15.1. The van der Waals surface area contributed by atoms with Crippen LogP contribution in [0.4, 0.5) is 24.5 Å². The van der Waals surface area contributed by atoms with Gasteiger partial charge in [0.05, 0.1) is 17.4 Å². The predicted molar refractivity (Wildman–Crippen MR) is 101 cm³/mol. The summed E-state index contributed by atoms with van der Waals surface area (Å²) in [6.45, 7) is 0.450. The zero-order valence-electron chi connectivity index (χ0n) is 15.1. The maximum absolute atomic E-state index is 12.8. The first kappa shape index (κ1) is 19.4. The number of hydrogen-bond acceptors (Lipinski definition) is 3. The number of carbonyl (C=O) groups is 1. The number of rotatable bonds is 5. The number of nitrogens with zero attached hydrogens (tertiary/aromatic N) is 2. The maximum Gasteiger partial charge on any atom is 0.416 e. The molecule has 0 saturated carbocycles. The van der Waals surface area contributed by atoms with E-state index in [1.807, 2.05) is 30.3 Å². The molecule has 0 bridgehead atoms. The fraction of sp³-hybridized carbons (Fsp3) is 0.143. The fourth-order valence-electron chi connectivity index (χ4n) is 2.66. The van der Waals surface area contributed by atoms with Crippen LogP contribution < -0.4 is 5.32 Å². The zero-order chi connectivity index (χ0) is 20.1. The molecule has 1 N–H and O–H groups in total. The number of alkyl halides is 3. The minimum absolute atomic E-state index is 0.241. The number of amides is 1. The lowest BCUT2D eigenvalue weighted by Gasteiger charge is -2.17. The van der Waals surface area contributed by atoms with Crippen LogP contribution in [-0.2, 0) is 12.7 Å². The minimum atomic E-state index is -4.41. The second kappa shape index (κ2) is 8.12. The lowest BCUT2D eigenvalue weighted by molar-refractivity contribution is -0.137. The third-order valence-electron chi connectivity index (χ3n) is 4.07. The van der Waals surface area contributed by atoms with Crippen molar-refractivity contribution >= 4 is 17.3 Å². The molecule has 0 saturated heterocycles. The van der Waals surface area contributed by atoms with Crippen LogP contribution in [-0.4, -0.2) is 22.8 Å². The first-order chi connectivity index (χ1) is 13.3. The Labute approximate surface area is 160 Å². The number of nitrogens with one attached hydrogen (secondary N) is 1. The SMILES string of the molecule is CN(Cc1ccccc1)C(=O)c1ccc(Nc2cccc(C(F)(F)F)c2)cn1. The van der Waals surface area contributed by atoms with E-state index in [1.165, 1.54) is 18.3 Å². The first-order valence-corrected chi connectivity index (χ1v) is 8.52. The molecule has 0 fully saturated rings. The minimum Gasteiger partial charge on any atom is -0.354 e. The maximum atomic E-state index is 12.8. The molecule has 2 aromatic carbocycles. The van der Waals surface area contributed by atoms with E-state index in [0.717, 1.165) is 17.7 Å². The van der Waals surface area contributed by atoms with Gasteiger partial charge in [-0.25, -0.2) is 4.98 Å². The summed E-state index contributed by atoms with van der Waals surface area (Å²) in [7, 11) is 1.69. The molecule has 3 rings (SSSR count). The van der Waals surface area contributed by atoms with Crippen LogP contribution in [0.3, 0.4) is 0 Å². The summed E-state index contributed by atoms with van der Waals surface area (Å²) < 4.78 is 38.4. The molecule has 0 atom stereocenters. The Hall–Kier alpha value is -3.35. The molecule has 1 amide bonds. The standard InChI is InChI=1S/C21H18F3N3O/c1-27(14-15-6-3-2-4-7-15)20(28)19-11-10-18(13-25-19)26-17-9-5-8-16(12-17)21(22,23)24/h2-13,26H,14H2,1H3. The molecular formula is C21H18F3N3O. The van der Waals surface area contributed by atoms with E-state index in [2.05, 4.69) is 10.3 Å². The van der Waals surface area contributed by atoms with Crippen LogP contribution in [0.2, 0.25) is 0 Å². The molecule has 3 aromatic rings. The average Bonchev–Trinajstić information content (AvgIpc) is 2.68. The largest absolute Gasteiger partial charge is 0.416 e. The molecular weight excluding hydrogens is 367 g/mol. The molecule has 0 aliphatic rings. The third kappa shape index (κ3) is 4.88. The van der Waals surface area contributed by atoms with Crippen molar-refractivity contribution in [1.82, 2.24) is 9.88 Å². The van der Waals surface area contributed by atoms with Crippen LogP contribution in [0.1, 0.15) is 21.6 Å². The molecule has 0 unspecified atom stereocenters. The van der Waals surface area contributed by atoms with Crippen LogP contribution in [0.5, 0.6) is 0 Å². The van der Waals surface area contributed by atoms with Gasteiger partial charge in [-0.15, -0.1) is 0 Å². The number of anilines is 2. The van der Waals surface area contributed by atoms with E-state index in [0.29, 0.717) is 12.2 Å². The Morgan fingerprint density at radius 2 is 1.75 bits per heavy atom. The Balaban J connectivity index is 1.67. The average molecular weight is 385 g/mol. The first-order valence-electron chi connectivity index (χ1n) is 8.52. The van der Waals surface area contributed by atoms with Gasteiger partial charge in [-0.3, -0.25) is 4.79 Å². The molecule has 4 nitrogen and oxygen atoms in total. The van der Waals surface area contributed by atoms with E-state index < -0.39 is 11.7 Å². The highest BCUT2D eigenvalue weighted by atomic mass is 19.4. The van der Waals surface area contributed by atoms with Gasteiger partial charge in [-0.1, -0.05) is 36.4 Å². The van der Waals surface area contributed by atoms with E-state index in [9.17, 15) is 18.0 Å². The van der Waals surface area contributed by atoms with Gasteiger partial charge in [-0.05, 0) is 35.9 Å². The summed E-state index contributed by atoms with van der Waals surface area (Å²) in [5.74, 6) is -0.241. The van der Waals surface area contributed by atoms with E-state index in [4.69, 9.17) is 0 Å². The monoisotopic (exact) mass is 385 g/mol. The highest BCUT2D eigenvalue weighted by molar-refractivity contribution is 5.92. The van der Waals surface area contributed by atoms with Crippen molar-refractivity contribution in [3.05, 3.63) is 89.7 Å². The Kier molecular flexibility index (Phi) is 5.63. The molecule has 0 radical (unpaired) electrons. The Morgan fingerprint density at radius 3 is 2.39 bits per heavy atom. The third-order valence-corrected chi connectivity index (χ3v) is 4.07. The molecule has 1 aromatic heterocycles. The van der Waals surface area contributed by atoms with Crippen molar-refractivity contribution in [2.24, 2.45) is 0 Å². The van der Waals surface area contributed by atoms with E-state index in [-0.39, 0.29) is 17.3 Å². The summed E-state index contributed by atoms with van der Waals surface area (Å²) in [6.07, 6.45) is -2.99. The quantitative estimate of drug-likeness (QED) is 0.663. The van der Waals surface area contributed by atoms with Crippen molar-refractivity contribution in [3.8, 4) is 0 Å². The number of hydrogen-bond donors (Lipinski definition) is 1. The van der Waals surface area contributed by atoms with Crippen LogP contribution in [0, 0.1) is 0 Å². The molecule has 0 aliphatic heterocycles. The summed E-state index contributed by atoms with van der Waals surface area (Å²) in [4.78, 5) is 18.2. The van der Waals surface area contributed by atoms with Crippen LogP contribution in [0.15, 0.2) is 72.9 Å². The normalized spacial score (nSPS) is 11.1. The van der Waals surface area contributed by atoms with Gasteiger partial charge < -0.3 is 10.2 Å².